The molecule has 1 fully saturated rings. The van der Waals surface area contributed by atoms with Crippen LogP contribution < -0.4 is 4.74 Å². The third kappa shape index (κ3) is 4.59. The Hall–Kier alpha value is -1.50. The number of aryl methyl sites for hydroxylation is 2. The molecule has 0 spiro atoms. The van der Waals surface area contributed by atoms with Crippen LogP contribution in [0, 0.1) is 25.7 Å². The molecule has 1 aromatic rings. The smallest absolute Gasteiger partial charge is 0.149 e. The van der Waals surface area contributed by atoms with Gasteiger partial charge in [0.1, 0.15) is 12.4 Å². The zero-order valence-corrected chi connectivity index (χ0v) is 11.7. The van der Waals surface area contributed by atoms with Crippen LogP contribution in [-0.4, -0.2) is 44.4 Å². The number of rotatable bonds is 3. The van der Waals surface area contributed by atoms with Gasteiger partial charge in [-0.2, -0.15) is 0 Å². The van der Waals surface area contributed by atoms with E-state index in [2.05, 4.69) is 48.8 Å². The van der Waals surface area contributed by atoms with Crippen LogP contribution in [0.4, 0.5) is 0 Å². The predicted octanol–water partition coefficient (Wildman–Crippen LogP) is 2.02. The summed E-state index contributed by atoms with van der Waals surface area (Å²) in [7, 11) is 0. The van der Waals surface area contributed by atoms with Crippen molar-refractivity contribution in [1.29, 1.82) is 0 Å². The van der Waals surface area contributed by atoms with Gasteiger partial charge in [0, 0.05) is 13.1 Å². The Morgan fingerprint density at radius 1 is 1.21 bits per heavy atom. The predicted molar refractivity (Wildman–Crippen MR) is 76.4 cm³/mol. The summed E-state index contributed by atoms with van der Waals surface area (Å²) >= 11 is 0. The van der Waals surface area contributed by atoms with Crippen molar-refractivity contribution >= 4 is 0 Å². The summed E-state index contributed by atoms with van der Waals surface area (Å²) in [5, 5.41) is 0. The quantitative estimate of drug-likeness (QED) is 0.775. The lowest BCUT2D eigenvalue weighted by molar-refractivity contribution is 0.0443. The summed E-state index contributed by atoms with van der Waals surface area (Å²) in [6.07, 6.45) is 0. The maximum absolute atomic E-state index is 5.69. The van der Waals surface area contributed by atoms with Gasteiger partial charge in [0.2, 0.25) is 0 Å². The molecule has 0 unspecified atom stereocenters. The molecule has 19 heavy (non-hydrogen) atoms. The lowest BCUT2D eigenvalue weighted by atomic mass is 10.1. The molecule has 1 aliphatic rings. The lowest BCUT2D eigenvalue weighted by Gasteiger charge is -2.24. The molecule has 0 saturated carbocycles. The Bertz CT molecular complexity index is 467. The molecule has 1 aromatic carbocycles. The Kier molecular flexibility index (Phi) is 5.26. The third-order valence-corrected chi connectivity index (χ3v) is 3.17. The third-order valence-electron chi connectivity index (χ3n) is 3.17. The molecule has 0 atom stereocenters. The number of morpholine rings is 1. The Morgan fingerprint density at radius 2 is 2.00 bits per heavy atom. The van der Waals surface area contributed by atoms with Crippen LogP contribution in [0.25, 0.3) is 0 Å². The summed E-state index contributed by atoms with van der Waals surface area (Å²) in [6, 6.07) is 6.22. The normalized spacial score (nSPS) is 15.7. The topological polar surface area (TPSA) is 21.7 Å². The van der Waals surface area contributed by atoms with E-state index in [1.165, 1.54) is 5.56 Å². The van der Waals surface area contributed by atoms with E-state index in [9.17, 15) is 0 Å². The molecule has 2 rings (SSSR count). The van der Waals surface area contributed by atoms with Crippen molar-refractivity contribution in [3.63, 3.8) is 0 Å². The average molecular weight is 259 g/mol. The van der Waals surface area contributed by atoms with Crippen LogP contribution in [0.1, 0.15) is 11.1 Å². The monoisotopic (exact) mass is 259 g/mol. The van der Waals surface area contributed by atoms with Gasteiger partial charge in [-0.1, -0.05) is 24.0 Å². The first-order valence-corrected chi connectivity index (χ1v) is 6.71. The van der Waals surface area contributed by atoms with Crippen LogP contribution in [0.2, 0.25) is 0 Å². The van der Waals surface area contributed by atoms with Gasteiger partial charge in [0.25, 0.3) is 0 Å². The molecular formula is C16H21NO2. The molecule has 3 nitrogen and oxygen atoms in total. The van der Waals surface area contributed by atoms with Gasteiger partial charge in [0.05, 0.1) is 19.8 Å². The highest BCUT2D eigenvalue weighted by atomic mass is 16.5. The van der Waals surface area contributed by atoms with Gasteiger partial charge in [-0.05, 0) is 31.0 Å². The molecule has 3 heteroatoms. The molecule has 1 heterocycles. The van der Waals surface area contributed by atoms with E-state index in [0.29, 0.717) is 6.61 Å². The fourth-order valence-corrected chi connectivity index (χ4v) is 1.95. The van der Waals surface area contributed by atoms with E-state index in [1.54, 1.807) is 0 Å². The highest BCUT2D eigenvalue weighted by Crippen LogP contribution is 2.18. The van der Waals surface area contributed by atoms with Gasteiger partial charge >= 0.3 is 0 Å². The Morgan fingerprint density at radius 3 is 2.79 bits per heavy atom. The van der Waals surface area contributed by atoms with Crippen LogP contribution in [-0.2, 0) is 4.74 Å². The van der Waals surface area contributed by atoms with Crippen molar-refractivity contribution in [3.8, 4) is 17.6 Å². The fraction of sp³-hybridized carbons (Fsp3) is 0.500. The van der Waals surface area contributed by atoms with Gasteiger partial charge < -0.3 is 9.47 Å². The van der Waals surface area contributed by atoms with Crippen molar-refractivity contribution in [2.45, 2.75) is 13.8 Å². The molecule has 1 aliphatic heterocycles. The maximum Gasteiger partial charge on any atom is 0.149 e. The van der Waals surface area contributed by atoms with Gasteiger partial charge in [-0.25, -0.2) is 0 Å². The number of ether oxygens (including phenoxy) is 2. The van der Waals surface area contributed by atoms with E-state index in [-0.39, 0.29) is 0 Å². The van der Waals surface area contributed by atoms with E-state index in [4.69, 9.17) is 9.47 Å². The Balaban J connectivity index is 1.75. The van der Waals surface area contributed by atoms with Crippen LogP contribution in [0.15, 0.2) is 18.2 Å². The number of benzene rings is 1. The van der Waals surface area contributed by atoms with E-state index in [1.807, 2.05) is 0 Å². The summed E-state index contributed by atoms with van der Waals surface area (Å²) in [5.41, 5.74) is 2.36. The highest BCUT2D eigenvalue weighted by Gasteiger charge is 2.07. The zero-order chi connectivity index (χ0) is 13.5. The minimum Gasteiger partial charge on any atom is -0.481 e. The lowest BCUT2D eigenvalue weighted by Crippen LogP contribution is -2.36. The zero-order valence-electron chi connectivity index (χ0n) is 11.7. The van der Waals surface area contributed by atoms with E-state index < -0.39 is 0 Å². The van der Waals surface area contributed by atoms with Crippen LogP contribution in [0.5, 0.6) is 5.75 Å². The minimum atomic E-state index is 0.453. The van der Waals surface area contributed by atoms with Crippen molar-refractivity contribution in [3.05, 3.63) is 29.3 Å². The number of hydrogen-bond donors (Lipinski definition) is 0. The molecule has 0 aliphatic carbocycles. The second-order valence-electron chi connectivity index (χ2n) is 4.80. The average Bonchev–Trinajstić information content (AvgIpc) is 2.43. The fourth-order valence-electron chi connectivity index (χ4n) is 1.95. The second-order valence-corrected chi connectivity index (χ2v) is 4.80. The first kappa shape index (κ1) is 13.9. The van der Waals surface area contributed by atoms with E-state index in [0.717, 1.165) is 44.2 Å². The van der Waals surface area contributed by atoms with Gasteiger partial charge in [0.15, 0.2) is 0 Å². The number of hydrogen-bond acceptors (Lipinski definition) is 3. The molecule has 102 valence electrons. The van der Waals surface area contributed by atoms with Crippen LogP contribution >= 0.6 is 0 Å². The first-order valence-electron chi connectivity index (χ1n) is 6.71. The standard InChI is InChI=1S/C16H21NO2/c1-14-5-6-15(2)16(13-14)19-10-4-3-7-17-8-11-18-12-9-17/h5-6,13H,7-12H2,1-2H3. The maximum atomic E-state index is 5.69. The summed E-state index contributed by atoms with van der Waals surface area (Å²) in [6.45, 7) is 8.97. The molecule has 0 radical (unpaired) electrons. The molecule has 0 bridgehead atoms. The summed E-state index contributed by atoms with van der Waals surface area (Å²) in [4.78, 5) is 2.30. The van der Waals surface area contributed by atoms with Gasteiger partial charge in [-0.3, -0.25) is 4.90 Å². The first-order chi connectivity index (χ1) is 9.25. The molecule has 0 amide bonds. The molecular weight excluding hydrogens is 238 g/mol. The van der Waals surface area contributed by atoms with Crippen LogP contribution in [0.3, 0.4) is 0 Å². The molecule has 0 aromatic heterocycles. The van der Waals surface area contributed by atoms with Crippen molar-refractivity contribution < 1.29 is 9.47 Å². The molecule has 1 saturated heterocycles. The molecule has 0 N–H and O–H groups in total. The largest absolute Gasteiger partial charge is 0.481 e. The highest BCUT2D eigenvalue weighted by molar-refractivity contribution is 5.36. The number of nitrogens with zero attached hydrogens (tertiary/aromatic N) is 1. The second kappa shape index (κ2) is 7.18. The summed E-state index contributed by atoms with van der Waals surface area (Å²) < 4.78 is 11.0. The Labute approximate surface area is 115 Å². The van der Waals surface area contributed by atoms with E-state index >= 15 is 0 Å². The minimum absolute atomic E-state index is 0.453. The summed E-state index contributed by atoms with van der Waals surface area (Å²) in [5.74, 6) is 7.16. The van der Waals surface area contributed by atoms with Crippen molar-refractivity contribution in [1.82, 2.24) is 4.90 Å². The SMILES string of the molecule is Cc1ccc(C)c(OCC#CCN2CCOCC2)c1. The van der Waals surface area contributed by atoms with Gasteiger partial charge in [-0.15, -0.1) is 0 Å². The van der Waals surface area contributed by atoms with Crippen molar-refractivity contribution in [2.24, 2.45) is 0 Å². The van der Waals surface area contributed by atoms with Crippen molar-refractivity contribution in [2.75, 3.05) is 39.5 Å².